The maximum atomic E-state index is 12.8. The van der Waals surface area contributed by atoms with Crippen LogP contribution in [0.15, 0.2) is 59.8 Å². The minimum Gasteiger partial charge on any atom is -0.358 e. The number of tetrazole rings is 1. The molecule has 0 unspecified atom stereocenters. The molecule has 0 saturated carbocycles. The second kappa shape index (κ2) is 7.71. The highest BCUT2D eigenvalue weighted by Crippen LogP contribution is 2.28. The van der Waals surface area contributed by atoms with Crippen molar-refractivity contribution in [3.8, 4) is 0 Å². The summed E-state index contributed by atoms with van der Waals surface area (Å²) in [6, 6.07) is 18.3. The van der Waals surface area contributed by atoms with Crippen molar-refractivity contribution in [1.82, 2.24) is 30.1 Å². The molecule has 2 aromatic heterocycles. The average molecular weight is 404 g/mol. The van der Waals surface area contributed by atoms with E-state index in [2.05, 4.69) is 32.6 Å². The van der Waals surface area contributed by atoms with E-state index in [-0.39, 0.29) is 5.91 Å². The molecule has 1 N–H and O–H groups in total. The van der Waals surface area contributed by atoms with Gasteiger partial charge in [-0.05, 0) is 22.1 Å². The molecular weight excluding hydrogens is 384 g/mol. The fourth-order valence-electron chi connectivity index (χ4n) is 3.75. The van der Waals surface area contributed by atoms with Gasteiger partial charge in [-0.3, -0.25) is 4.79 Å². The number of hydrogen-bond acceptors (Lipinski definition) is 5. The van der Waals surface area contributed by atoms with E-state index in [0.717, 1.165) is 24.0 Å². The Hall–Kier alpha value is -3.13. The molecule has 5 rings (SSSR count). The molecule has 0 bridgehead atoms. The number of hydrogen-bond donors (Lipinski definition) is 1. The third-order valence-corrected chi connectivity index (χ3v) is 6.18. The first-order valence-electron chi connectivity index (χ1n) is 9.57. The number of aromatic nitrogens is 5. The zero-order chi connectivity index (χ0) is 19.6. The summed E-state index contributed by atoms with van der Waals surface area (Å²) in [5.74, 6) is 0.438. The first kappa shape index (κ1) is 17.9. The van der Waals surface area contributed by atoms with Crippen LogP contribution >= 0.6 is 11.8 Å². The number of nitrogens with zero attached hydrogens (tertiary/aromatic N) is 5. The number of carbonyl (C=O) groups excluding carboxylic acids is 1. The lowest BCUT2D eigenvalue weighted by Gasteiger charge is -2.27. The number of aromatic amines is 1. The van der Waals surface area contributed by atoms with E-state index in [1.54, 1.807) is 4.68 Å². The van der Waals surface area contributed by atoms with Crippen LogP contribution in [0.25, 0.3) is 10.9 Å². The number of rotatable bonds is 5. The molecule has 0 saturated heterocycles. The molecule has 2 aromatic carbocycles. The quantitative estimate of drug-likeness (QED) is 0.518. The summed E-state index contributed by atoms with van der Waals surface area (Å²) in [6.07, 6.45) is 0.853. The topological polar surface area (TPSA) is 79.7 Å². The Labute approximate surface area is 172 Å². The van der Waals surface area contributed by atoms with Gasteiger partial charge in [0, 0.05) is 41.7 Å². The SMILES string of the molecule is O=C(CSc1nnnn1Cc1ccccc1)N1CCc2[nH]c3ccccc3c2C1. The minimum absolute atomic E-state index is 0.111. The number of H-pyrrole nitrogens is 1. The van der Waals surface area contributed by atoms with Crippen molar-refractivity contribution in [2.75, 3.05) is 12.3 Å². The Bertz CT molecular complexity index is 1150. The molecule has 146 valence electrons. The Morgan fingerprint density at radius 2 is 1.93 bits per heavy atom. The highest BCUT2D eigenvalue weighted by atomic mass is 32.2. The largest absolute Gasteiger partial charge is 0.358 e. The Balaban J connectivity index is 1.25. The summed E-state index contributed by atoms with van der Waals surface area (Å²) in [5.41, 5.74) is 4.74. The van der Waals surface area contributed by atoms with Gasteiger partial charge in [-0.1, -0.05) is 60.3 Å². The Kier molecular flexibility index (Phi) is 4.77. The predicted octanol–water partition coefficient (Wildman–Crippen LogP) is 2.88. The smallest absolute Gasteiger partial charge is 0.233 e. The van der Waals surface area contributed by atoms with Crippen molar-refractivity contribution in [3.05, 3.63) is 71.4 Å². The first-order chi connectivity index (χ1) is 14.3. The molecule has 0 aliphatic carbocycles. The lowest BCUT2D eigenvalue weighted by Crippen LogP contribution is -2.37. The average Bonchev–Trinajstić information content (AvgIpc) is 3.36. The minimum atomic E-state index is 0.111. The van der Waals surface area contributed by atoms with E-state index >= 15 is 0 Å². The summed E-state index contributed by atoms with van der Waals surface area (Å²) < 4.78 is 1.74. The van der Waals surface area contributed by atoms with Crippen LogP contribution in [0.1, 0.15) is 16.8 Å². The highest BCUT2D eigenvalue weighted by Gasteiger charge is 2.24. The first-order valence-corrected chi connectivity index (χ1v) is 10.6. The number of carbonyl (C=O) groups is 1. The van der Waals surface area contributed by atoms with Crippen molar-refractivity contribution >= 4 is 28.6 Å². The van der Waals surface area contributed by atoms with E-state index in [1.165, 1.54) is 28.4 Å². The van der Waals surface area contributed by atoms with Crippen LogP contribution in [0, 0.1) is 0 Å². The molecule has 1 amide bonds. The lowest BCUT2D eigenvalue weighted by atomic mass is 10.0. The summed E-state index contributed by atoms with van der Waals surface area (Å²) in [4.78, 5) is 18.3. The molecule has 7 nitrogen and oxygen atoms in total. The fourth-order valence-corrected chi connectivity index (χ4v) is 4.53. The van der Waals surface area contributed by atoms with E-state index in [1.807, 2.05) is 47.4 Å². The predicted molar refractivity (Wildman–Crippen MR) is 112 cm³/mol. The number of nitrogens with one attached hydrogen (secondary N) is 1. The molecule has 1 aliphatic heterocycles. The van der Waals surface area contributed by atoms with E-state index < -0.39 is 0 Å². The van der Waals surface area contributed by atoms with Crippen molar-refractivity contribution in [3.63, 3.8) is 0 Å². The maximum absolute atomic E-state index is 12.8. The monoisotopic (exact) mass is 404 g/mol. The van der Waals surface area contributed by atoms with Gasteiger partial charge in [0.15, 0.2) is 0 Å². The maximum Gasteiger partial charge on any atom is 0.233 e. The molecular formula is C21H20N6OS. The lowest BCUT2D eigenvalue weighted by molar-refractivity contribution is -0.129. The van der Waals surface area contributed by atoms with Gasteiger partial charge in [0.25, 0.3) is 0 Å². The molecule has 0 fully saturated rings. The number of fused-ring (bicyclic) bond motifs is 3. The van der Waals surface area contributed by atoms with E-state index in [4.69, 9.17) is 0 Å². The van der Waals surface area contributed by atoms with Crippen molar-refractivity contribution in [1.29, 1.82) is 0 Å². The van der Waals surface area contributed by atoms with E-state index in [0.29, 0.717) is 24.0 Å². The van der Waals surface area contributed by atoms with Crippen molar-refractivity contribution in [2.24, 2.45) is 0 Å². The van der Waals surface area contributed by atoms with Crippen LogP contribution in [0.5, 0.6) is 0 Å². The molecule has 1 aliphatic rings. The number of amides is 1. The van der Waals surface area contributed by atoms with Gasteiger partial charge in [-0.2, -0.15) is 0 Å². The highest BCUT2D eigenvalue weighted by molar-refractivity contribution is 7.99. The standard InChI is InChI=1S/C21H20N6OS/c28-20(14-29-21-23-24-25-27(21)12-15-6-2-1-3-7-15)26-11-10-19-17(13-26)16-8-4-5-9-18(16)22-19/h1-9,22H,10-14H2. The zero-order valence-corrected chi connectivity index (χ0v) is 16.6. The van der Waals surface area contributed by atoms with Crippen LogP contribution in [0.4, 0.5) is 0 Å². The summed E-state index contributed by atoms with van der Waals surface area (Å²) in [6.45, 7) is 1.97. The molecule has 3 heterocycles. The third-order valence-electron chi connectivity index (χ3n) is 5.23. The van der Waals surface area contributed by atoms with E-state index in [9.17, 15) is 4.79 Å². The third kappa shape index (κ3) is 3.63. The molecule has 0 atom stereocenters. The number of benzene rings is 2. The van der Waals surface area contributed by atoms with Crippen LogP contribution in [0.3, 0.4) is 0 Å². The van der Waals surface area contributed by atoms with Gasteiger partial charge in [0.05, 0.1) is 12.3 Å². The summed E-state index contributed by atoms with van der Waals surface area (Å²) in [7, 11) is 0. The van der Waals surface area contributed by atoms with Gasteiger partial charge in [0.2, 0.25) is 11.1 Å². The molecule has 29 heavy (non-hydrogen) atoms. The van der Waals surface area contributed by atoms with Crippen LogP contribution in [-0.2, 0) is 24.3 Å². The zero-order valence-electron chi connectivity index (χ0n) is 15.8. The summed E-state index contributed by atoms with van der Waals surface area (Å²) >= 11 is 1.39. The second-order valence-electron chi connectivity index (χ2n) is 7.09. The fraction of sp³-hybridized carbons (Fsp3) is 0.238. The normalized spacial score (nSPS) is 13.6. The molecule has 4 aromatic rings. The van der Waals surface area contributed by atoms with Crippen molar-refractivity contribution < 1.29 is 4.79 Å². The van der Waals surface area contributed by atoms with Crippen LogP contribution < -0.4 is 0 Å². The van der Waals surface area contributed by atoms with Gasteiger partial charge in [-0.25, -0.2) is 4.68 Å². The molecule has 0 radical (unpaired) electrons. The van der Waals surface area contributed by atoms with Crippen molar-refractivity contribution in [2.45, 2.75) is 24.7 Å². The molecule has 8 heteroatoms. The van der Waals surface area contributed by atoms with Crippen LogP contribution in [-0.4, -0.2) is 48.3 Å². The van der Waals surface area contributed by atoms with Gasteiger partial charge >= 0.3 is 0 Å². The Morgan fingerprint density at radius 1 is 1.10 bits per heavy atom. The number of thioether (sulfide) groups is 1. The van der Waals surface area contributed by atoms with Gasteiger partial charge in [-0.15, -0.1) is 5.10 Å². The second-order valence-corrected chi connectivity index (χ2v) is 8.03. The van der Waals surface area contributed by atoms with Gasteiger partial charge < -0.3 is 9.88 Å². The Morgan fingerprint density at radius 3 is 2.83 bits per heavy atom. The summed E-state index contributed by atoms with van der Waals surface area (Å²) in [5, 5.41) is 13.8. The molecule has 0 spiro atoms. The number of para-hydroxylation sites is 1. The van der Waals surface area contributed by atoms with Gasteiger partial charge in [0.1, 0.15) is 0 Å². The van der Waals surface area contributed by atoms with Crippen LogP contribution in [0.2, 0.25) is 0 Å².